The normalized spacial score (nSPS) is 15.9. The number of hydrogen-bond donors (Lipinski definition) is 2. The number of hydrazine groups is 1. The van der Waals surface area contributed by atoms with Crippen molar-refractivity contribution in [2.45, 2.75) is 26.4 Å². The van der Waals surface area contributed by atoms with Crippen molar-refractivity contribution in [3.05, 3.63) is 63.0 Å². The number of benzene rings is 2. The van der Waals surface area contributed by atoms with Crippen molar-refractivity contribution >= 4 is 75.2 Å². The van der Waals surface area contributed by atoms with Crippen LogP contribution in [0.1, 0.15) is 25.8 Å². The summed E-state index contributed by atoms with van der Waals surface area (Å²) < 4.78 is 6.14. The molecule has 2 aromatic rings. The van der Waals surface area contributed by atoms with E-state index < -0.39 is 11.9 Å². The molecule has 0 spiro atoms. The highest BCUT2D eigenvalue weighted by molar-refractivity contribution is 8.26. The summed E-state index contributed by atoms with van der Waals surface area (Å²) in [5, 5.41) is 4.27. The van der Waals surface area contributed by atoms with Crippen LogP contribution in [0.3, 0.4) is 0 Å². The molecule has 0 unspecified atom stereocenters. The standard InChI is InChI=1S/C21H19Cl2N3O3S2/c1-3-12(2)29-17-7-5-4-6-13(17)10-18-19(27)26(21(30)31-18)25-20(28)24-14-8-9-15(22)16(23)11-14/h4-12H,3H2,1-2H3,(H2,24,25,28)/b18-10+/t12-/m1/s1. The van der Waals surface area contributed by atoms with E-state index in [1.54, 1.807) is 18.2 Å². The first kappa shape index (κ1) is 23.4. The first-order chi connectivity index (χ1) is 14.8. The number of ether oxygens (including phenoxy) is 1. The van der Waals surface area contributed by atoms with Gasteiger partial charge in [-0.05, 0) is 55.9 Å². The molecule has 1 fully saturated rings. The third kappa shape index (κ3) is 5.92. The van der Waals surface area contributed by atoms with Crippen molar-refractivity contribution in [1.29, 1.82) is 0 Å². The topological polar surface area (TPSA) is 70.7 Å². The average Bonchev–Trinajstić information content (AvgIpc) is 2.99. The third-order valence-electron chi connectivity index (χ3n) is 4.29. The van der Waals surface area contributed by atoms with Crippen molar-refractivity contribution in [2.24, 2.45) is 0 Å². The fourth-order valence-electron chi connectivity index (χ4n) is 2.55. The van der Waals surface area contributed by atoms with Gasteiger partial charge in [-0.2, -0.15) is 5.01 Å². The van der Waals surface area contributed by atoms with Gasteiger partial charge in [0, 0.05) is 11.3 Å². The van der Waals surface area contributed by atoms with Crippen LogP contribution < -0.4 is 15.5 Å². The molecule has 0 aliphatic carbocycles. The maximum atomic E-state index is 12.8. The summed E-state index contributed by atoms with van der Waals surface area (Å²) in [5.74, 6) is 0.241. The van der Waals surface area contributed by atoms with Crippen LogP contribution in [0, 0.1) is 0 Å². The molecule has 3 amide bonds. The van der Waals surface area contributed by atoms with Gasteiger partial charge in [0.1, 0.15) is 5.75 Å². The van der Waals surface area contributed by atoms with Crippen LogP contribution in [0.2, 0.25) is 10.0 Å². The van der Waals surface area contributed by atoms with Gasteiger partial charge in [-0.3, -0.25) is 4.79 Å². The number of carbonyl (C=O) groups excluding carboxylic acids is 2. The lowest BCUT2D eigenvalue weighted by Gasteiger charge is -2.16. The Kier molecular flexibility index (Phi) is 7.83. The molecule has 3 rings (SSSR count). The minimum atomic E-state index is -0.642. The van der Waals surface area contributed by atoms with Crippen molar-refractivity contribution < 1.29 is 14.3 Å². The van der Waals surface area contributed by atoms with Crippen LogP contribution >= 0.6 is 47.2 Å². The van der Waals surface area contributed by atoms with Crippen molar-refractivity contribution in [1.82, 2.24) is 10.4 Å². The van der Waals surface area contributed by atoms with Gasteiger partial charge in [0.05, 0.1) is 21.1 Å². The summed E-state index contributed by atoms with van der Waals surface area (Å²) in [6, 6.07) is 11.4. The van der Waals surface area contributed by atoms with Gasteiger partial charge < -0.3 is 10.1 Å². The van der Waals surface area contributed by atoms with Crippen LogP contribution in [0.15, 0.2) is 47.4 Å². The van der Waals surface area contributed by atoms with E-state index in [1.165, 1.54) is 6.07 Å². The van der Waals surface area contributed by atoms with Gasteiger partial charge in [0.2, 0.25) is 0 Å². The highest BCUT2D eigenvalue weighted by atomic mass is 35.5. The van der Waals surface area contributed by atoms with E-state index in [4.69, 9.17) is 40.2 Å². The van der Waals surface area contributed by atoms with Crippen LogP contribution in [-0.4, -0.2) is 27.4 Å². The summed E-state index contributed by atoms with van der Waals surface area (Å²) in [6.45, 7) is 4.01. The average molecular weight is 496 g/mol. The Morgan fingerprint density at radius 3 is 2.71 bits per heavy atom. The third-order valence-corrected chi connectivity index (χ3v) is 6.33. The molecule has 1 atom stereocenters. The van der Waals surface area contributed by atoms with Crippen molar-refractivity contribution in [3.8, 4) is 5.75 Å². The predicted octanol–water partition coefficient (Wildman–Crippen LogP) is 6.11. The van der Waals surface area contributed by atoms with E-state index in [-0.39, 0.29) is 10.4 Å². The van der Waals surface area contributed by atoms with Gasteiger partial charge >= 0.3 is 6.03 Å². The second-order valence-corrected chi connectivity index (χ2v) is 9.08. The summed E-state index contributed by atoms with van der Waals surface area (Å²) in [7, 11) is 0. The number of carbonyl (C=O) groups is 2. The Labute approximate surface area is 199 Å². The second kappa shape index (κ2) is 10.4. The number of thioether (sulfide) groups is 1. The molecule has 0 radical (unpaired) electrons. The lowest BCUT2D eigenvalue weighted by atomic mass is 10.1. The molecular weight excluding hydrogens is 477 g/mol. The molecule has 1 heterocycles. The zero-order valence-corrected chi connectivity index (χ0v) is 19.8. The summed E-state index contributed by atoms with van der Waals surface area (Å²) >= 11 is 18.2. The number of urea groups is 1. The van der Waals surface area contributed by atoms with E-state index in [2.05, 4.69) is 10.7 Å². The fourth-order valence-corrected chi connectivity index (χ4v) is 4.02. The molecule has 6 nitrogen and oxygen atoms in total. The Bertz CT molecular complexity index is 1060. The van der Waals surface area contributed by atoms with Crippen LogP contribution in [0.25, 0.3) is 6.08 Å². The molecule has 0 saturated carbocycles. The fraction of sp³-hybridized carbons (Fsp3) is 0.190. The SMILES string of the molecule is CC[C@@H](C)Oc1ccccc1/C=C1/SC(=S)N(NC(=O)Nc2ccc(Cl)c(Cl)c2)C1=O. The quantitative estimate of drug-likeness (QED) is 0.373. The minimum Gasteiger partial charge on any atom is -0.490 e. The van der Waals surface area contributed by atoms with Crippen LogP contribution in [-0.2, 0) is 4.79 Å². The largest absolute Gasteiger partial charge is 0.490 e. The number of hydrogen-bond acceptors (Lipinski definition) is 5. The Morgan fingerprint density at radius 1 is 1.26 bits per heavy atom. The maximum Gasteiger partial charge on any atom is 0.338 e. The van der Waals surface area contributed by atoms with E-state index in [0.29, 0.717) is 26.4 Å². The Morgan fingerprint density at radius 2 is 2.00 bits per heavy atom. The number of rotatable bonds is 6. The molecule has 0 bridgehead atoms. The molecule has 1 aliphatic heterocycles. The van der Waals surface area contributed by atoms with E-state index >= 15 is 0 Å². The zero-order valence-electron chi connectivity index (χ0n) is 16.6. The highest BCUT2D eigenvalue weighted by Gasteiger charge is 2.34. The van der Waals surface area contributed by atoms with Gasteiger partial charge in [0.25, 0.3) is 5.91 Å². The molecule has 1 saturated heterocycles. The molecule has 1 aliphatic rings. The lowest BCUT2D eigenvalue weighted by Crippen LogP contribution is -2.46. The predicted molar refractivity (Wildman–Crippen MR) is 130 cm³/mol. The minimum absolute atomic E-state index is 0.0378. The van der Waals surface area contributed by atoms with E-state index in [9.17, 15) is 9.59 Å². The molecule has 2 N–H and O–H groups in total. The van der Waals surface area contributed by atoms with Crippen LogP contribution in [0.5, 0.6) is 5.75 Å². The molecule has 31 heavy (non-hydrogen) atoms. The molecule has 162 valence electrons. The second-order valence-electron chi connectivity index (χ2n) is 6.59. The number of anilines is 1. The van der Waals surface area contributed by atoms with Crippen molar-refractivity contribution in [3.63, 3.8) is 0 Å². The molecule has 0 aromatic heterocycles. The lowest BCUT2D eigenvalue weighted by molar-refractivity contribution is -0.123. The monoisotopic (exact) mass is 495 g/mol. The summed E-state index contributed by atoms with van der Waals surface area (Å²) in [6.07, 6.45) is 2.60. The molecular formula is C21H19Cl2N3O3S2. The number of nitrogens with zero attached hydrogens (tertiary/aromatic N) is 1. The first-order valence-corrected chi connectivity index (χ1v) is 11.3. The number of para-hydroxylation sites is 1. The van der Waals surface area contributed by atoms with Crippen LogP contribution in [0.4, 0.5) is 10.5 Å². The number of halogens is 2. The van der Waals surface area contributed by atoms with E-state index in [0.717, 1.165) is 28.8 Å². The number of thiocarbonyl (C=S) groups is 1. The smallest absolute Gasteiger partial charge is 0.338 e. The first-order valence-electron chi connectivity index (χ1n) is 9.34. The maximum absolute atomic E-state index is 12.8. The zero-order chi connectivity index (χ0) is 22.5. The van der Waals surface area contributed by atoms with E-state index in [1.807, 2.05) is 38.1 Å². The van der Waals surface area contributed by atoms with Gasteiger partial charge in [0.15, 0.2) is 4.32 Å². The van der Waals surface area contributed by atoms with Gasteiger partial charge in [-0.25, -0.2) is 10.2 Å². The summed E-state index contributed by atoms with van der Waals surface area (Å²) in [4.78, 5) is 25.5. The highest BCUT2D eigenvalue weighted by Crippen LogP contribution is 2.33. The number of nitrogens with one attached hydrogen (secondary N) is 2. The Balaban J connectivity index is 1.72. The summed E-state index contributed by atoms with van der Waals surface area (Å²) in [5.41, 5.74) is 3.63. The van der Waals surface area contributed by atoms with Gasteiger partial charge in [-0.15, -0.1) is 0 Å². The van der Waals surface area contributed by atoms with Gasteiger partial charge in [-0.1, -0.05) is 60.1 Å². The Hall–Kier alpha value is -2.26. The van der Waals surface area contributed by atoms with Crippen molar-refractivity contribution in [2.75, 3.05) is 5.32 Å². The number of amides is 3. The molecule has 10 heteroatoms. The molecule has 2 aromatic carbocycles.